The van der Waals surface area contributed by atoms with E-state index in [4.69, 9.17) is 4.74 Å². The molecule has 3 rings (SSSR count). The smallest absolute Gasteiger partial charge is 0.265 e. The van der Waals surface area contributed by atoms with Gasteiger partial charge in [-0.25, -0.2) is 0 Å². The Labute approximate surface area is 123 Å². The summed E-state index contributed by atoms with van der Waals surface area (Å²) in [4.78, 5) is 23.9. The number of ether oxygens (including phenoxy) is 1. The molecule has 6 heteroatoms. The number of amides is 2. The van der Waals surface area contributed by atoms with Gasteiger partial charge in [0.15, 0.2) is 6.10 Å². The topological polar surface area (TPSA) is 79.5 Å². The lowest BCUT2D eigenvalue weighted by atomic mass is 10.0. The molecule has 2 amide bonds. The van der Waals surface area contributed by atoms with Gasteiger partial charge in [0.05, 0.1) is 11.6 Å². The van der Waals surface area contributed by atoms with Gasteiger partial charge >= 0.3 is 0 Å². The maximum atomic E-state index is 12.2. The number of hydrogen-bond acceptors (Lipinski definition) is 4. The average molecular weight is 289 g/mol. The highest BCUT2D eigenvalue weighted by Crippen LogP contribution is 2.32. The summed E-state index contributed by atoms with van der Waals surface area (Å²) in [6, 6.07) is 5.46. The molecule has 3 atom stereocenters. The van der Waals surface area contributed by atoms with Crippen LogP contribution < -0.4 is 20.7 Å². The van der Waals surface area contributed by atoms with Gasteiger partial charge in [-0.15, -0.1) is 0 Å². The third-order valence-corrected chi connectivity index (χ3v) is 4.04. The Balaban J connectivity index is 1.74. The summed E-state index contributed by atoms with van der Waals surface area (Å²) in [5, 5.41) is 8.94. The first-order chi connectivity index (χ1) is 10.0. The van der Waals surface area contributed by atoms with Gasteiger partial charge in [-0.3, -0.25) is 9.59 Å². The van der Waals surface area contributed by atoms with Crippen LogP contribution in [0, 0.1) is 5.92 Å². The maximum absolute atomic E-state index is 12.2. The molecule has 1 aromatic carbocycles. The fourth-order valence-corrected chi connectivity index (χ4v) is 2.74. The molecule has 112 valence electrons. The molecule has 0 radical (unpaired) electrons. The van der Waals surface area contributed by atoms with Gasteiger partial charge in [0.25, 0.3) is 5.91 Å². The third-order valence-electron chi connectivity index (χ3n) is 4.04. The Bertz CT molecular complexity index is 588. The van der Waals surface area contributed by atoms with E-state index in [1.807, 2.05) is 6.92 Å². The highest BCUT2D eigenvalue weighted by molar-refractivity contribution is 5.99. The minimum absolute atomic E-state index is 0.00359. The summed E-state index contributed by atoms with van der Waals surface area (Å²) in [5.41, 5.74) is 1.25. The largest absolute Gasteiger partial charge is 0.479 e. The summed E-state index contributed by atoms with van der Waals surface area (Å²) < 4.78 is 5.49. The molecule has 0 spiro atoms. The molecular weight excluding hydrogens is 270 g/mol. The highest BCUT2D eigenvalue weighted by atomic mass is 16.5. The fraction of sp³-hybridized carbons (Fsp3) is 0.467. The van der Waals surface area contributed by atoms with Crippen LogP contribution in [0.15, 0.2) is 18.2 Å². The summed E-state index contributed by atoms with van der Waals surface area (Å²) in [7, 11) is 0. The molecule has 3 N–H and O–H groups in total. The number of benzene rings is 1. The molecule has 3 unspecified atom stereocenters. The highest BCUT2D eigenvalue weighted by Gasteiger charge is 2.30. The fourth-order valence-electron chi connectivity index (χ4n) is 2.74. The molecular formula is C15H19N3O3. The average Bonchev–Trinajstić information content (AvgIpc) is 2.87. The van der Waals surface area contributed by atoms with Gasteiger partial charge in [-0.05, 0) is 45.0 Å². The van der Waals surface area contributed by atoms with E-state index in [1.165, 1.54) is 0 Å². The molecule has 0 saturated carbocycles. The molecule has 0 aromatic heterocycles. The van der Waals surface area contributed by atoms with E-state index in [0.717, 1.165) is 13.0 Å². The molecule has 6 nitrogen and oxygen atoms in total. The van der Waals surface area contributed by atoms with E-state index in [1.54, 1.807) is 25.1 Å². The van der Waals surface area contributed by atoms with Crippen molar-refractivity contribution in [3.8, 4) is 5.75 Å². The predicted octanol–water partition coefficient (Wildman–Crippen LogP) is 1.34. The number of carbonyl (C=O) groups excluding carboxylic acids is 2. The monoisotopic (exact) mass is 289 g/mol. The number of rotatable bonds is 2. The third kappa shape index (κ3) is 2.71. The number of nitrogens with one attached hydrogen (secondary N) is 3. The lowest BCUT2D eigenvalue weighted by Gasteiger charge is -2.24. The standard InChI is InChI=1S/C15H19N3O3/c1-8-11(5-6-16-8)15(20)17-10-3-4-13-12(7-10)18-14(19)9(2)21-13/h3-4,7-9,11,16H,5-6H2,1-2H3,(H,17,20)(H,18,19). The first-order valence-corrected chi connectivity index (χ1v) is 7.20. The molecule has 2 aliphatic heterocycles. The Morgan fingerprint density at radius 3 is 2.90 bits per heavy atom. The molecule has 1 saturated heterocycles. The van der Waals surface area contributed by atoms with Crippen molar-refractivity contribution in [2.75, 3.05) is 17.2 Å². The lowest BCUT2D eigenvalue weighted by molar-refractivity contribution is -0.122. The number of fused-ring (bicyclic) bond motifs is 1. The van der Waals surface area contributed by atoms with Crippen LogP contribution in [0.3, 0.4) is 0 Å². The van der Waals surface area contributed by atoms with Crippen LogP contribution >= 0.6 is 0 Å². The Kier molecular flexibility index (Phi) is 3.55. The van der Waals surface area contributed by atoms with Crippen LogP contribution in [0.25, 0.3) is 0 Å². The first kappa shape index (κ1) is 13.9. The summed E-state index contributed by atoms with van der Waals surface area (Å²) >= 11 is 0. The van der Waals surface area contributed by atoms with Crippen molar-refractivity contribution in [1.29, 1.82) is 0 Å². The quantitative estimate of drug-likeness (QED) is 0.767. The Morgan fingerprint density at radius 2 is 2.19 bits per heavy atom. The van der Waals surface area contributed by atoms with Gasteiger partial charge in [-0.2, -0.15) is 0 Å². The van der Waals surface area contributed by atoms with E-state index < -0.39 is 6.10 Å². The number of hydrogen-bond donors (Lipinski definition) is 3. The van der Waals surface area contributed by atoms with E-state index in [0.29, 0.717) is 17.1 Å². The van der Waals surface area contributed by atoms with Crippen molar-refractivity contribution in [3.05, 3.63) is 18.2 Å². The molecule has 0 aliphatic carbocycles. The van der Waals surface area contributed by atoms with E-state index in [2.05, 4.69) is 16.0 Å². The summed E-state index contributed by atoms with van der Waals surface area (Å²) in [5.74, 6) is 0.423. The number of carbonyl (C=O) groups is 2. The van der Waals surface area contributed by atoms with Gasteiger partial charge in [0, 0.05) is 11.7 Å². The van der Waals surface area contributed by atoms with Crippen LogP contribution in [-0.4, -0.2) is 30.5 Å². The van der Waals surface area contributed by atoms with Gasteiger partial charge in [0.1, 0.15) is 5.75 Å². The molecule has 1 fully saturated rings. The zero-order valence-corrected chi connectivity index (χ0v) is 12.1. The molecule has 1 aromatic rings. The van der Waals surface area contributed by atoms with Crippen LogP contribution in [0.5, 0.6) is 5.75 Å². The van der Waals surface area contributed by atoms with Crippen molar-refractivity contribution in [2.24, 2.45) is 5.92 Å². The molecule has 2 aliphatic rings. The minimum atomic E-state index is -0.497. The van der Waals surface area contributed by atoms with Crippen molar-refractivity contribution in [1.82, 2.24) is 5.32 Å². The van der Waals surface area contributed by atoms with Crippen molar-refractivity contribution in [2.45, 2.75) is 32.4 Å². The van der Waals surface area contributed by atoms with Gasteiger partial charge < -0.3 is 20.7 Å². The second-order valence-electron chi connectivity index (χ2n) is 5.59. The predicted molar refractivity (Wildman–Crippen MR) is 79.4 cm³/mol. The lowest BCUT2D eigenvalue weighted by Crippen LogP contribution is -2.34. The van der Waals surface area contributed by atoms with Crippen molar-refractivity contribution in [3.63, 3.8) is 0 Å². The van der Waals surface area contributed by atoms with E-state index in [9.17, 15) is 9.59 Å². The first-order valence-electron chi connectivity index (χ1n) is 7.20. The summed E-state index contributed by atoms with van der Waals surface area (Å²) in [6.07, 6.45) is 0.346. The normalized spacial score (nSPS) is 27.5. The van der Waals surface area contributed by atoms with Crippen molar-refractivity contribution >= 4 is 23.2 Å². The van der Waals surface area contributed by atoms with Crippen molar-refractivity contribution < 1.29 is 14.3 Å². The van der Waals surface area contributed by atoms with Crippen LogP contribution in [0.2, 0.25) is 0 Å². The zero-order chi connectivity index (χ0) is 15.0. The van der Waals surface area contributed by atoms with Crippen LogP contribution in [-0.2, 0) is 9.59 Å². The maximum Gasteiger partial charge on any atom is 0.265 e. The second-order valence-corrected chi connectivity index (χ2v) is 5.59. The molecule has 0 bridgehead atoms. The SMILES string of the molecule is CC1Oc2ccc(NC(=O)C3CCNC3C)cc2NC1=O. The minimum Gasteiger partial charge on any atom is -0.479 e. The Hall–Kier alpha value is -2.08. The summed E-state index contributed by atoms with van der Waals surface area (Å²) in [6.45, 7) is 4.58. The molecule has 21 heavy (non-hydrogen) atoms. The zero-order valence-electron chi connectivity index (χ0n) is 12.1. The second kappa shape index (κ2) is 5.37. The van der Waals surface area contributed by atoms with Gasteiger partial charge in [0.2, 0.25) is 5.91 Å². The number of anilines is 2. The molecule has 2 heterocycles. The van der Waals surface area contributed by atoms with E-state index >= 15 is 0 Å². The van der Waals surface area contributed by atoms with Crippen LogP contribution in [0.4, 0.5) is 11.4 Å². The van der Waals surface area contributed by atoms with Gasteiger partial charge in [-0.1, -0.05) is 0 Å². The Morgan fingerprint density at radius 1 is 1.38 bits per heavy atom. The van der Waals surface area contributed by atoms with E-state index in [-0.39, 0.29) is 23.8 Å². The van der Waals surface area contributed by atoms with Crippen LogP contribution in [0.1, 0.15) is 20.3 Å².